The lowest BCUT2D eigenvalue weighted by atomic mass is 10.0. The molecule has 0 spiro atoms. The van der Waals surface area contributed by atoms with Gasteiger partial charge in [-0.1, -0.05) is 148 Å². The molecule has 256 valence electrons. The van der Waals surface area contributed by atoms with Crippen molar-refractivity contribution in [2.24, 2.45) is 0 Å². The van der Waals surface area contributed by atoms with Gasteiger partial charge in [-0.25, -0.2) is 4.57 Å². The van der Waals surface area contributed by atoms with Crippen LogP contribution in [0.3, 0.4) is 0 Å². The second-order valence-electron chi connectivity index (χ2n) is 12.2. The van der Waals surface area contributed by atoms with Crippen LogP contribution in [-0.4, -0.2) is 41.7 Å². The van der Waals surface area contributed by atoms with Crippen molar-refractivity contribution >= 4 is 13.8 Å². The zero-order chi connectivity index (χ0) is 31.7. The summed E-state index contributed by atoms with van der Waals surface area (Å²) in [4.78, 5) is 30.4. The predicted octanol–water partition coefficient (Wildman–Crippen LogP) is 10.8. The topological polar surface area (TPSA) is 102 Å². The van der Waals surface area contributed by atoms with E-state index in [1.54, 1.807) is 0 Å². The number of carbonyl (C=O) groups is 1. The van der Waals surface area contributed by atoms with Crippen molar-refractivity contribution in [1.29, 1.82) is 0 Å². The lowest BCUT2D eigenvalue weighted by molar-refractivity contribution is -0.154. The Bertz CT molecular complexity index is 665. The molecule has 0 bridgehead atoms. The fourth-order valence-corrected chi connectivity index (χ4v) is 5.50. The molecule has 0 radical (unpaired) electrons. The first-order valence-corrected chi connectivity index (χ1v) is 19.5. The maximum Gasteiger partial charge on any atom is 0.469 e. The first kappa shape index (κ1) is 42.3. The van der Waals surface area contributed by atoms with Crippen LogP contribution in [0.4, 0.5) is 0 Å². The van der Waals surface area contributed by atoms with E-state index in [1.165, 1.54) is 116 Å². The van der Waals surface area contributed by atoms with Gasteiger partial charge in [0.2, 0.25) is 0 Å². The molecule has 0 aliphatic rings. The van der Waals surface area contributed by atoms with Crippen LogP contribution < -0.4 is 0 Å². The van der Waals surface area contributed by atoms with Crippen LogP contribution in [0.5, 0.6) is 0 Å². The molecule has 0 aliphatic carbocycles. The lowest BCUT2D eigenvalue weighted by Gasteiger charge is -2.18. The molecule has 0 heterocycles. The minimum absolute atomic E-state index is 0.0797. The van der Waals surface area contributed by atoms with E-state index in [0.717, 1.165) is 44.9 Å². The van der Waals surface area contributed by atoms with Gasteiger partial charge < -0.3 is 19.3 Å². The molecule has 2 N–H and O–H groups in total. The monoisotopic (exact) mass is 632 g/mol. The number of phosphoric ester groups is 1. The third-order valence-corrected chi connectivity index (χ3v) is 8.30. The normalized spacial score (nSPS) is 12.7. The fraction of sp³-hybridized carbons (Fsp3) is 0.914. The van der Waals surface area contributed by atoms with Gasteiger partial charge in [0.05, 0.1) is 13.2 Å². The SMILES string of the molecule is CCCCCC/C=C\CCCCCCCC(=O)O[C@H](COCCCCCCCCCCCCCCCC)COP(=O)(O)O. The molecule has 0 aromatic heterocycles. The summed E-state index contributed by atoms with van der Waals surface area (Å²) >= 11 is 0. The summed E-state index contributed by atoms with van der Waals surface area (Å²) < 4.78 is 26.8. The van der Waals surface area contributed by atoms with Crippen molar-refractivity contribution in [3.63, 3.8) is 0 Å². The highest BCUT2D eigenvalue weighted by molar-refractivity contribution is 7.46. The largest absolute Gasteiger partial charge is 0.469 e. The van der Waals surface area contributed by atoms with Crippen molar-refractivity contribution in [2.75, 3.05) is 19.8 Å². The van der Waals surface area contributed by atoms with Crippen LogP contribution in [0.1, 0.15) is 181 Å². The zero-order valence-electron chi connectivity index (χ0n) is 28.1. The Morgan fingerprint density at radius 1 is 0.605 bits per heavy atom. The van der Waals surface area contributed by atoms with Crippen LogP contribution in [0.2, 0.25) is 0 Å². The van der Waals surface area contributed by atoms with Crippen molar-refractivity contribution in [2.45, 2.75) is 187 Å². The molecule has 0 fully saturated rings. The molecule has 0 saturated heterocycles. The van der Waals surface area contributed by atoms with Crippen LogP contribution in [-0.2, 0) is 23.4 Å². The van der Waals surface area contributed by atoms with Gasteiger partial charge in [-0.2, -0.15) is 0 Å². The summed E-state index contributed by atoms with van der Waals surface area (Å²) in [6, 6.07) is 0. The molecule has 7 nitrogen and oxygen atoms in total. The molecule has 0 saturated carbocycles. The second-order valence-corrected chi connectivity index (χ2v) is 13.4. The van der Waals surface area contributed by atoms with Gasteiger partial charge in [0.15, 0.2) is 0 Å². The molecule has 0 aromatic carbocycles. The molecule has 1 atom stereocenters. The van der Waals surface area contributed by atoms with Gasteiger partial charge in [0, 0.05) is 13.0 Å². The summed E-state index contributed by atoms with van der Waals surface area (Å²) in [5.74, 6) is -0.370. The highest BCUT2D eigenvalue weighted by Crippen LogP contribution is 2.35. The first-order chi connectivity index (χ1) is 20.9. The van der Waals surface area contributed by atoms with Crippen molar-refractivity contribution < 1.29 is 33.1 Å². The third-order valence-electron chi connectivity index (χ3n) is 7.82. The number of carbonyl (C=O) groups excluding carboxylic acids is 1. The molecular formula is C35H69O7P. The lowest BCUT2D eigenvalue weighted by Crippen LogP contribution is -2.28. The zero-order valence-corrected chi connectivity index (χ0v) is 29.0. The standard InChI is InChI=1S/C35H69O7P/c1-3-5-7-9-11-13-15-17-19-21-23-25-27-29-31-40-32-34(33-41-43(37,38)39)42-35(36)30-28-26-24-22-20-18-16-14-12-10-8-6-4-2/h14,16,34H,3-13,15,17-33H2,1-2H3,(H2,37,38,39)/b16-14-/t34-/m1/s1. The van der Waals surface area contributed by atoms with E-state index in [2.05, 4.69) is 30.5 Å². The Balaban J connectivity index is 3.84. The van der Waals surface area contributed by atoms with Crippen LogP contribution in [0.25, 0.3) is 0 Å². The maximum atomic E-state index is 12.3. The molecular weight excluding hydrogens is 563 g/mol. The molecule has 0 aliphatic heterocycles. The molecule has 8 heteroatoms. The number of phosphoric acid groups is 1. The number of unbranched alkanes of at least 4 members (excludes halogenated alkanes) is 22. The smallest absolute Gasteiger partial charge is 0.457 e. The van der Waals surface area contributed by atoms with E-state index in [4.69, 9.17) is 19.3 Å². The Morgan fingerprint density at radius 3 is 1.51 bits per heavy atom. The first-order valence-electron chi connectivity index (χ1n) is 18.0. The Labute approximate surface area is 265 Å². The number of hydrogen-bond donors (Lipinski definition) is 2. The number of rotatable bonds is 34. The summed E-state index contributed by atoms with van der Waals surface area (Å²) in [7, 11) is -4.64. The molecule has 0 unspecified atom stereocenters. The average Bonchev–Trinajstić information content (AvgIpc) is 2.97. The van der Waals surface area contributed by atoms with Crippen LogP contribution >= 0.6 is 7.82 Å². The Kier molecular flexibility index (Phi) is 32.1. The average molecular weight is 633 g/mol. The predicted molar refractivity (Wildman–Crippen MR) is 179 cm³/mol. The van der Waals surface area contributed by atoms with Gasteiger partial charge in [-0.15, -0.1) is 0 Å². The second kappa shape index (κ2) is 32.7. The number of hydrogen-bond acceptors (Lipinski definition) is 5. The van der Waals surface area contributed by atoms with E-state index >= 15 is 0 Å². The van der Waals surface area contributed by atoms with Crippen molar-refractivity contribution in [1.82, 2.24) is 0 Å². The highest BCUT2D eigenvalue weighted by atomic mass is 31.2. The summed E-state index contributed by atoms with van der Waals surface area (Å²) in [6.07, 6.45) is 34.8. The van der Waals surface area contributed by atoms with Gasteiger partial charge in [-0.05, 0) is 38.5 Å². The molecule has 0 amide bonds. The summed E-state index contributed by atoms with van der Waals surface area (Å²) in [5.41, 5.74) is 0. The maximum absolute atomic E-state index is 12.3. The van der Waals surface area contributed by atoms with Gasteiger partial charge >= 0.3 is 13.8 Å². The van der Waals surface area contributed by atoms with Crippen LogP contribution in [0.15, 0.2) is 12.2 Å². The Hall–Kier alpha value is -0.720. The summed E-state index contributed by atoms with van der Waals surface area (Å²) in [6.45, 7) is 4.74. The van der Waals surface area contributed by atoms with E-state index in [-0.39, 0.29) is 19.2 Å². The van der Waals surface area contributed by atoms with Gasteiger partial charge in [0.1, 0.15) is 6.10 Å². The number of allylic oxidation sites excluding steroid dienone is 2. The van der Waals surface area contributed by atoms with E-state index < -0.39 is 13.9 Å². The minimum atomic E-state index is -4.64. The van der Waals surface area contributed by atoms with Gasteiger partial charge in [0.25, 0.3) is 0 Å². The summed E-state index contributed by atoms with van der Waals surface area (Å²) in [5, 5.41) is 0. The number of esters is 1. The molecule has 0 rings (SSSR count). The number of ether oxygens (including phenoxy) is 2. The minimum Gasteiger partial charge on any atom is -0.457 e. The Morgan fingerprint density at radius 2 is 1.02 bits per heavy atom. The van der Waals surface area contributed by atoms with E-state index in [9.17, 15) is 9.36 Å². The van der Waals surface area contributed by atoms with Crippen LogP contribution in [0, 0.1) is 0 Å². The molecule has 43 heavy (non-hydrogen) atoms. The van der Waals surface area contributed by atoms with E-state index in [0.29, 0.717) is 13.0 Å². The fourth-order valence-electron chi connectivity index (χ4n) is 5.14. The van der Waals surface area contributed by atoms with Gasteiger partial charge in [-0.3, -0.25) is 9.32 Å². The van der Waals surface area contributed by atoms with Crippen molar-refractivity contribution in [3.05, 3.63) is 12.2 Å². The highest BCUT2D eigenvalue weighted by Gasteiger charge is 2.21. The molecule has 0 aromatic rings. The van der Waals surface area contributed by atoms with Crippen molar-refractivity contribution in [3.8, 4) is 0 Å². The van der Waals surface area contributed by atoms with E-state index in [1.807, 2.05) is 0 Å². The third kappa shape index (κ3) is 35.6. The quantitative estimate of drug-likeness (QED) is 0.0315.